The van der Waals surface area contributed by atoms with Gasteiger partial charge in [0.2, 0.25) is 0 Å². The first-order chi connectivity index (χ1) is 5.18. The molecule has 0 amide bonds. The molecule has 0 rings (SSSR count). The number of rotatable bonds is 6. The highest BCUT2D eigenvalue weighted by molar-refractivity contribution is 4.79. The molecule has 0 spiro atoms. The Morgan fingerprint density at radius 1 is 1.36 bits per heavy atom. The molecule has 0 saturated heterocycles. The van der Waals surface area contributed by atoms with Crippen molar-refractivity contribution < 1.29 is 5.11 Å². The average Bonchev–Trinajstić information content (AvgIpc) is 2.05. The SMILES string of the molecule is CCCCNC(C)(CC)CO. The number of hydrogen-bond acceptors (Lipinski definition) is 2. The van der Waals surface area contributed by atoms with Gasteiger partial charge in [-0.2, -0.15) is 0 Å². The number of aliphatic hydroxyl groups excluding tert-OH is 1. The summed E-state index contributed by atoms with van der Waals surface area (Å²) in [5.41, 5.74) is -0.0603. The van der Waals surface area contributed by atoms with Crippen molar-refractivity contribution in [3.05, 3.63) is 0 Å². The molecule has 0 aromatic rings. The summed E-state index contributed by atoms with van der Waals surface area (Å²) in [5, 5.41) is 12.4. The van der Waals surface area contributed by atoms with Crippen molar-refractivity contribution in [3.8, 4) is 0 Å². The molecule has 0 aromatic carbocycles. The fourth-order valence-electron chi connectivity index (χ4n) is 0.860. The number of nitrogens with one attached hydrogen (secondary N) is 1. The van der Waals surface area contributed by atoms with Crippen LogP contribution in [0.1, 0.15) is 40.0 Å². The molecule has 0 saturated carbocycles. The molecule has 2 nitrogen and oxygen atoms in total. The fourth-order valence-corrected chi connectivity index (χ4v) is 0.860. The standard InChI is InChI=1S/C9H21NO/c1-4-6-7-10-9(3,5-2)8-11/h10-11H,4-8H2,1-3H3. The van der Waals surface area contributed by atoms with Crippen LogP contribution in [0.2, 0.25) is 0 Å². The second kappa shape index (κ2) is 5.56. The third-order valence-electron chi connectivity index (χ3n) is 2.21. The van der Waals surface area contributed by atoms with Gasteiger partial charge in [-0.05, 0) is 26.3 Å². The van der Waals surface area contributed by atoms with E-state index in [1.54, 1.807) is 0 Å². The van der Waals surface area contributed by atoms with E-state index >= 15 is 0 Å². The molecule has 0 heterocycles. The number of hydrogen-bond donors (Lipinski definition) is 2. The van der Waals surface area contributed by atoms with Crippen molar-refractivity contribution in [2.24, 2.45) is 0 Å². The van der Waals surface area contributed by atoms with E-state index in [1.807, 2.05) is 0 Å². The van der Waals surface area contributed by atoms with Crippen molar-refractivity contribution in [1.82, 2.24) is 5.32 Å². The zero-order valence-corrected chi connectivity index (χ0v) is 7.98. The van der Waals surface area contributed by atoms with Gasteiger partial charge in [0.25, 0.3) is 0 Å². The number of unbranched alkanes of at least 4 members (excludes halogenated alkanes) is 1. The maximum Gasteiger partial charge on any atom is 0.0610 e. The van der Waals surface area contributed by atoms with E-state index in [0.29, 0.717) is 0 Å². The lowest BCUT2D eigenvalue weighted by Gasteiger charge is -2.27. The molecule has 2 N–H and O–H groups in total. The van der Waals surface area contributed by atoms with Crippen LogP contribution in [0.25, 0.3) is 0 Å². The van der Waals surface area contributed by atoms with Crippen molar-refractivity contribution in [2.45, 2.75) is 45.6 Å². The lowest BCUT2D eigenvalue weighted by molar-refractivity contribution is 0.170. The summed E-state index contributed by atoms with van der Waals surface area (Å²) in [7, 11) is 0. The van der Waals surface area contributed by atoms with Gasteiger partial charge in [0.15, 0.2) is 0 Å². The van der Waals surface area contributed by atoms with Gasteiger partial charge in [-0.15, -0.1) is 0 Å². The molecule has 0 fully saturated rings. The van der Waals surface area contributed by atoms with E-state index in [-0.39, 0.29) is 12.1 Å². The van der Waals surface area contributed by atoms with E-state index in [9.17, 15) is 0 Å². The van der Waals surface area contributed by atoms with Crippen LogP contribution in [-0.2, 0) is 0 Å². The van der Waals surface area contributed by atoms with E-state index in [4.69, 9.17) is 5.11 Å². The highest BCUT2D eigenvalue weighted by atomic mass is 16.3. The van der Waals surface area contributed by atoms with Crippen LogP contribution >= 0.6 is 0 Å². The molecule has 68 valence electrons. The zero-order valence-electron chi connectivity index (χ0n) is 7.98. The van der Waals surface area contributed by atoms with Gasteiger partial charge in [0.05, 0.1) is 6.61 Å². The third-order valence-corrected chi connectivity index (χ3v) is 2.21. The number of aliphatic hydroxyl groups is 1. The first-order valence-electron chi connectivity index (χ1n) is 4.54. The Balaban J connectivity index is 3.51. The van der Waals surface area contributed by atoms with Crippen molar-refractivity contribution >= 4 is 0 Å². The molecular weight excluding hydrogens is 138 g/mol. The molecule has 2 heteroatoms. The summed E-state index contributed by atoms with van der Waals surface area (Å²) in [6.07, 6.45) is 3.38. The minimum Gasteiger partial charge on any atom is -0.394 e. The molecule has 1 atom stereocenters. The first-order valence-corrected chi connectivity index (χ1v) is 4.54. The van der Waals surface area contributed by atoms with Gasteiger partial charge < -0.3 is 10.4 Å². The van der Waals surface area contributed by atoms with Crippen molar-refractivity contribution in [1.29, 1.82) is 0 Å². The van der Waals surface area contributed by atoms with Gasteiger partial charge in [-0.1, -0.05) is 20.3 Å². The second-order valence-electron chi connectivity index (χ2n) is 3.35. The Labute approximate surface area is 70.0 Å². The predicted molar refractivity (Wildman–Crippen MR) is 48.7 cm³/mol. The third kappa shape index (κ3) is 4.38. The fraction of sp³-hybridized carbons (Fsp3) is 1.00. The Hall–Kier alpha value is -0.0800. The van der Waals surface area contributed by atoms with Gasteiger partial charge >= 0.3 is 0 Å². The van der Waals surface area contributed by atoms with Gasteiger partial charge in [0.1, 0.15) is 0 Å². The molecule has 1 unspecified atom stereocenters. The average molecular weight is 159 g/mol. The Morgan fingerprint density at radius 3 is 2.36 bits per heavy atom. The molecule has 0 radical (unpaired) electrons. The summed E-state index contributed by atoms with van der Waals surface area (Å²) in [6, 6.07) is 0. The summed E-state index contributed by atoms with van der Waals surface area (Å²) >= 11 is 0. The smallest absolute Gasteiger partial charge is 0.0610 e. The lowest BCUT2D eigenvalue weighted by Crippen LogP contribution is -2.45. The molecule has 0 aromatic heterocycles. The lowest BCUT2D eigenvalue weighted by atomic mass is 10.0. The Bertz CT molecular complexity index is 89.6. The van der Waals surface area contributed by atoms with E-state index in [1.165, 1.54) is 12.8 Å². The van der Waals surface area contributed by atoms with Gasteiger partial charge in [-0.3, -0.25) is 0 Å². The molecule has 0 aliphatic carbocycles. The topological polar surface area (TPSA) is 32.3 Å². The normalized spacial score (nSPS) is 16.4. The predicted octanol–water partition coefficient (Wildman–Crippen LogP) is 1.54. The summed E-state index contributed by atoms with van der Waals surface area (Å²) < 4.78 is 0. The largest absolute Gasteiger partial charge is 0.394 e. The van der Waals surface area contributed by atoms with Crippen LogP contribution in [0.4, 0.5) is 0 Å². The van der Waals surface area contributed by atoms with Crippen molar-refractivity contribution in [3.63, 3.8) is 0 Å². The van der Waals surface area contributed by atoms with Crippen LogP contribution in [0.5, 0.6) is 0 Å². The van der Waals surface area contributed by atoms with Crippen LogP contribution in [0.3, 0.4) is 0 Å². The van der Waals surface area contributed by atoms with E-state index in [0.717, 1.165) is 13.0 Å². The maximum absolute atomic E-state index is 9.02. The Kier molecular flexibility index (Phi) is 5.51. The quantitative estimate of drug-likeness (QED) is 0.576. The van der Waals surface area contributed by atoms with Gasteiger partial charge in [0, 0.05) is 5.54 Å². The molecule has 11 heavy (non-hydrogen) atoms. The monoisotopic (exact) mass is 159 g/mol. The molecule has 0 aliphatic heterocycles. The Morgan fingerprint density at radius 2 is 2.00 bits per heavy atom. The van der Waals surface area contributed by atoms with Crippen LogP contribution in [-0.4, -0.2) is 23.8 Å². The van der Waals surface area contributed by atoms with E-state index in [2.05, 4.69) is 26.1 Å². The minimum absolute atomic E-state index is 0.0603. The maximum atomic E-state index is 9.02. The van der Waals surface area contributed by atoms with Crippen molar-refractivity contribution in [2.75, 3.05) is 13.2 Å². The summed E-state index contributed by atoms with van der Waals surface area (Å²) in [6.45, 7) is 7.57. The molecule has 0 aliphatic rings. The molecular formula is C9H21NO. The summed E-state index contributed by atoms with van der Waals surface area (Å²) in [4.78, 5) is 0. The van der Waals surface area contributed by atoms with Crippen LogP contribution in [0, 0.1) is 0 Å². The highest BCUT2D eigenvalue weighted by Gasteiger charge is 2.18. The van der Waals surface area contributed by atoms with Gasteiger partial charge in [-0.25, -0.2) is 0 Å². The van der Waals surface area contributed by atoms with Crippen LogP contribution < -0.4 is 5.32 Å². The highest BCUT2D eigenvalue weighted by Crippen LogP contribution is 2.07. The summed E-state index contributed by atoms with van der Waals surface area (Å²) in [5.74, 6) is 0. The molecule has 0 bridgehead atoms. The first kappa shape index (κ1) is 10.9. The second-order valence-corrected chi connectivity index (χ2v) is 3.35. The zero-order chi connectivity index (χ0) is 8.74. The minimum atomic E-state index is -0.0603. The van der Waals surface area contributed by atoms with E-state index < -0.39 is 0 Å². The van der Waals surface area contributed by atoms with Crippen LogP contribution in [0.15, 0.2) is 0 Å².